The molecule has 0 radical (unpaired) electrons. The Morgan fingerprint density at radius 3 is 2.15 bits per heavy atom. The van der Waals surface area contributed by atoms with Crippen LogP contribution in [0.5, 0.6) is 0 Å². The van der Waals surface area contributed by atoms with Gasteiger partial charge in [0.1, 0.15) is 0 Å². The number of hydrogen-bond donors (Lipinski definition) is 1. The van der Waals surface area contributed by atoms with Gasteiger partial charge in [-0.15, -0.1) is 12.4 Å². The number of nitrogens with one attached hydrogen (secondary N) is 1. The van der Waals surface area contributed by atoms with Crippen LogP contribution in [0.2, 0.25) is 5.02 Å². The highest BCUT2D eigenvalue weighted by Gasteiger charge is 2.48. The van der Waals surface area contributed by atoms with Gasteiger partial charge in [-0.2, -0.15) is 0 Å². The van der Waals surface area contributed by atoms with Gasteiger partial charge in [-0.1, -0.05) is 73.3 Å². The average molecular weight is 685 g/mol. The first kappa shape index (κ1) is 36.0. The summed E-state index contributed by atoms with van der Waals surface area (Å²) in [5.41, 5.74) is 2.46. The molecule has 3 aliphatic heterocycles. The standard InChI is InChI=1S/C38H54ClN5O2.ClH/c1-3-42(4-2)38(46)44(32-13-9-6-10-14-32)35-24-33-19-20-34(25-35)43(33)37(45)36(23-28-15-17-30(39)18-16-28)40-31-21-22-41(27-31)26-29-11-7-5-8-12-29;/h5,7-8,11-12,15-18,31-36,40H,3-4,6,9-10,13-14,19-27H2,1-2H3;1H/t31?,33?,34?,35?,36-;/m1./s1. The van der Waals surface area contributed by atoms with Crippen LogP contribution in [0, 0.1) is 0 Å². The maximum atomic E-state index is 14.6. The number of urea groups is 1. The van der Waals surface area contributed by atoms with Crippen molar-refractivity contribution in [3.05, 3.63) is 70.7 Å². The number of halogens is 2. The number of piperidine rings is 1. The summed E-state index contributed by atoms with van der Waals surface area (Å²) in [6.07, 6.45) is 11.5. The molecule has 9 heteroatoms. The Kier molecular flexibility index (Phi) is 12.9. The molecular weight excluding hydrogens is 629 g/mol. The van der Waals surface area contributed by atoms with Crippen LogP contribution >= 0.6 is 24.0 Å². The lowest BCUT2D eigenvalue weighted by molar-refractivity contribution is -0.139. The van der Waals surface area contributed by atoms with E-state index in [1.54, 1.807) is 0 Å². The number of fused-ring (bicyclic) bond motifs is 2. The van der Waals surface area contributed by atoms with Crippen LogP contribution in [0.25, 0.3) is 0 Å². The fourth-order valence-electron chi connectivity index (χ4n) is 8.85. The number of carbonyl (C=O) groups is 2. The Hall–Kier alpha value is -2.32. The minimum atomic E-state index is -0.283. The quantitative estimate of drug-likeness (QED) is 0.273. The van der Waals surface area contributed by atoms with Gasteiger partial charge in [0, 0.05) is 68.0 Å². The van der Waals surface area contributed by atoms with Gasteiger partial charge >= 0.3 is 6.03 Å². The molecule has 1 aliphatic carbocycles. The monoisotopic (exact) mass is 683 g/mol. The van der Waals surface area contributed by atoms with Crippen LogP contribution in [0.15, 0.2) is 54.6 Å². The van der Waals surface area contributed by atoms with Crippen LogP contribution < -0.4 is 5.32 Å². The van der Waals surface area contributed by atoms with Crippen molar-refractivity contribution in [2.75, 3.05) is 26.2 Å². The van der Waals surface area contributed by atoms with Crippen molar-refractivity contribution in [3.8, 4) is 0 Å². The molecule has 2 bridgehead atoms. The van der Waals surface area contributed by atoms with E-state index in [0.29, 0.717) is 17.5 Å². The van der Waals surface area contributed by atoms with Gasteiger partial charge in [0.25, 0.3) is 0 Å². The molecule has 2 aromatic carbocycles. The van der Waals surface area contributed by atoms with Gasteiger partial charge < -0.3 is 20.0 Å². The predicted molar refractivity (Wildman–Crippen MR) is 193 cm³/mol. The van der Waals surface area contributed by atoms with Crippen LogP contribution in [-0.4, -0.2) is 94.0 Å². The lowest BCUT2D eigenvalue weighted by Gasteiger charge is -2.48. The highest BCUT2D eigenvalue weighted by molar-refractivity contribution is 6.30. The second kappa shape index (κ2) is 16.9. The molecule has 2 aromatic rings. The molecule has 0 aromatic heterocycles. The third-order valence-corrected chi connectivity index (χ3v) is 11.4. The van der Waals surface area contributed by atoms with Gasteiger partial charge in [0.05, 0.1) is 6.04 Å². The molecule has 1 N–H and O–H groups in total. The Morgan fingerprint density at radius 1 is 0.851 bits per heavy atom. The molecule has 4 atom stereocenters. The molecule has 3 heterocycles. The van der Waals surface area contributed by atoms with Crippen LogP contribution in [-0.2, 0) is 17.8 Å². The average Bonchev–Trinajstić information content (AvgIpc) is 3.63. The topological polar surface area (TPSA) is 59.1 Å². The van der Waals surface area contributed by atoms with Crippen LogP contribution in [0.1, 0.15) is 89.2 Å². The van der Waals surface area contributed by atoms with Gasteiger partial charge in [-0.25, -0.2) is 4.79 Å². The van der Waals surface area contributed by atoms with Crippen molar-refractivity contribution in [1.29, 1.82) is 0 Å². The second-order valence-corrected chi connectivity index (χ2v) is 14.6. The summed E-state index contributed by atoms with van der Waals surface area (Å²) in [6.45, 7) is 8.57. The zero-order valence-electron chi connectivity index (χ0n) is 28.4. The number of benzene rings is 2. The van der Waals surface area contributed by atoms with E-state index in [1.807, 2.05) is 17.0 Å². The third-order valence-electron chi connectivity index (χ3n) is 11.2. The number of nitrogens with zero attached hydrogens (tertiary/aromatic N) is 4. The summed E-state index contributed by atoms with van der Waals surface area (Å²) < 4.78 is 0. The fourth-order valence-corrected chi connectivity index (χ4v) is 8.98. The van der Waals surface area contributed by atoms with E-state index in [0.717, 1.165) is 83.2 Å². The summed E-state index contributed by atoms with van der Waals surface area (Å²) in [5.74, 6) is 0.238. The minimum Gasteiger partial charge on any atom is -0.335 e. The first-order valence-corrected chi connectivity index (χ1v) is 18.5. The molecule has 6 rings (SSSR count). The Balaban J connectivity index is 0.00000433. The van der Waals surface area contributed by atoms with Gasteiger partial charge in [-0.05, 0) is 88.5 Å². The largest absolute Gasteiger partial charge is 0.335 e. The maximum absolute atomic E-state index is 14.6. The normalized spacial score (nSPS) is 25.3. The zero-order chi connectivity index (χ0) is 32.0. The van der Waals surface area contributed by atoms with Crippen molar-refractivity contribution in [3.63, 3.8) is 0 Å². The molecule has 3 saturated heterocycles. The molecule has 3 amide bonds. The zero-order valence-corrected chi connectivity index (χ0v) is 29.9. The Bertz CT molecular complexity index is 1270. The van der Waals surface area contributed by atoms with Crippen molar-refractivity contribution >= 4 is 35.9 Å². The summed E-state index contributed by atoms with van der Waals surface area (Å²) in [6, 6.07) is 19.8. The SMILES string of the molecule is CCN(CC)C(=O)N(C1CCCCC1)C1CC2CCC(C1)N2C(=O)[C@@H](Cc1ccc(Cl)cc1)NC1CCN(Cc2ccccc2)C1.Cl. The summed E-state index contributed by atoms with van der Waals surface area (Å²) in [7, 11) is 0. The van der Waals surface area contributed by atoms with Crippen LogP contribution in [0.4, 0.5) is 4.79 Å². The van der Waals surface area contributed by atoms with Gasteiger partial charge in [-0.3, -0.25) is 9.69 Å². The Labute approximate surface area is 293 Å². The smallest absolute Gasteiger partial charge is 0.320 e. The fraction of sp³-hybridized carbons (Fsp3) is 0.632. The molecule has 1 saturated carbocycles. The van der Waals surface area contributed by atoms with Gasteiger partial charge in [0.2, 0.25) is 5.91 Å². The minimum absolute atomic E-state index is 0. The van der Waals surface area contributed by atoms with Gasteiger partial charge in [0.15, 0.2) is 0 Å². The van der Waals surface area contributed by atoms with E-state index < -0.39 is 0 Å². The van der Waals surface area contributed by atoms with Crippen molar-refractivity contribution < 1.29 is 9.59 Å². The second-order valence-electron chi connectivity index (χ2n) is 14.2. The highest BCUT2D eigenvalue weighted by Crippen LogP contribution is 2.40. The van der Waals surface area contributed by atoms with E-state index >= 15 is 0 Å². The van der Waals surface area contributed by atoms with E-state index in [-0.39, 0.29) is 54.6 Å². The number of rotatable bonds is 11. The molecular formula is C38H55Cl2N5O2. The number of hydrogen-bond acceptors (Lipinski definition) is 4. The van der Waals surface area contributed by atoms with E-state index in [4.69, 9.17) is 11.6 Å². The Morgan fingerprint density at radius 2 is 1.51 bits per heavy atom. The van der Waals surface area contributed by atoms with E-state index in [2.05, 4.69) is 76.3 Å². The van der Waals surface area contributed by atoms with E-state index in [1.165, 1.54) is 24.8 Å². The number of likely N-dealkylation sites (tertiary alicyclic amines) is 1. The van der Waals surface area contributed by atoms with Crippen molar-refractivity contribution in [2.45, 2.75) is 127 Å². The van der Waals surface area contributed by atoms with Crippen LogP contribution in [0.3, 0.4) is 0 Å². The molecule has 7 nitrogen and oxygen atoms in total. The molecule has 258 valence electrons. The molecule has 3 unspecified atom stereocenters. The summed E-state index contributed by atoms with van der Waals surface area (Å²) >= 11 is 6.23. The molecule has 4 fully saturated rings. The highest BCUT2D eigenvalue weighted by atomic mass is 35.5. The lowest BCUT2D eigenvalue weighted by Crippen LogP contribution is -2.61. The first-order valence-electron chi connectivity index (χ1n) is 18.1. The first-order chi connectivity index (χ1) is 22.4. The van der Waals surface area contributed by atoms with Crippen molar-refractivity contribution in [1.82, 2.24) is 24.9 Å². The molecule has 47 heavy (non-hydrogen) atoms. The summed E-state index contributed by atoms with van der Waals surface area (Å²) in [5, 5.41) is 4.57. The van der Waals surface area contributed by atoms with Crippen molar-refractivity contribution in [2.24, 2.45) is 0 Å². The maximum Gasteiger partial charge on any atom is 0.320 e. The lowest BCUT2D eigenvalue weighted by atomic mass is 9.89. The number of amides is 3. The molecule has 0 spiro atoms. The summed E-state index contributed by atoms with van der Waals surface area (Å²) in [4.78, 5) is 37.7. The third kappa shape index (κ3) is 8.65. The predicted octanol–water partition coefficient (Wildman–Crippen LogP) is 7.16. The molecule has 4 aliphatic rings. The van der Waals surface area contributed by atoms with E-state index in [9.17, 15) is 9.59 Å². The number of carbonyl (C=O) groups excluding carboxylic acids is 2.